The maximum Gasteiger partial charge on any atom is 0.255 e. The molecule has 0 aliphatic rings. The molecule has 34 heavy (non-hydrogen) atoms. The molecule has 4 aromatic rings. The molecule has 2 heterocycles. The van der Waals surface area contributed by atoms with Crippen LogP contribution in [-0.2, 0) is 4.79 Å². The number of nitrogens with zero attached hydrogens (tertiary/aromatic N) is 4. The molecule has 0 saturated carbocycles. The summed E-state index contributed by atoms with van der Waals surface area (Å²) in [5.74, 6) is 0.764. The number of nitrogens with one attached hydrogen (secondary N) is 2. The number of anilines is 2. The largest absolute Gasteiger partial charge is 0.495 e. The van der Waals surface area contributed by atoms with E-state index >= 15 is 0 Å². The Morgan fingerprint density at radius 2 is 1.74 bits per heavy atom. The fourth-order valence-corrected chi connectivity index (χ4v) is 3.89. The van der Waals surface area contributed by atoms with E-state index in [4.69, 9.17) is 4.74 Å². The van der Waals surface area contributed by atoms with Gasteiger partial charge in [-0.3, -0.25) is 9.59 Å². The number of thioether (sulfide) groups is 1. The molecule has 0 spiro atoms. The van der Waals surface area contributed by atoms with Crippen molar-refractivity contribution in [2.45, 2.75) is 25.9 Å². The minimum atomic E-state index is -0.273. The molecule has 2 aromatic carbocycles. The molecule has 2 amide bonds. The van der Waals surface area contributed by atoms with Crippen LogP contribution in [0.15, 0.2) is 53.7 Å². The van der Waals surface area contributed by atoms with E-state index in [0.29, 0.717) is 33.6 Å². The van der Waals surface area contributed by atoms with Crippen LogP contribution in [0.2, 0.25) is 0 Å². The molecule has 0 saturated heterocycles. The molecule has 174 valence electrons. The summed E-state index contributed by atoms with van der Waals surface area (Å²) < 4.78 is 6.95. The van der Waals surface area contributed by atoms with Crippen LogP contribution in [0, 0.1) is 20.8 Å². The first-order valence-electron chi connectivity index (χ1n) is 10.5. The number of methoxy groups -OCH3 is 1. The number of aryl methyl sites for hydroxylation is 2. The lowest BCUT2D eigenvalue weighted by Crippen LogP contribution is -2.15. The van der Waals surface area contributed by atoms with Crippen molar-refractivity contribution in [2.24, 2.45) is 0 Å². The number of para-hydroxylation sites is 2. The van der Waals surface area contributed by atoms with E-state index < -0.39 is 0 Å². The number of aromatic nitrogens is 4. The third-order valence-electron chi connectivity index (χ3n) is 5.36. The maximum absolute atomic E-state index is 12.5. The molecule has 0 aliphatic carbocycles. The minimum Gasteiger partial charge on any atom is -0.495 e. The van der Waals surface area contributed by atoms with Gasteiger partial charge in [0.15, 0.2) is 0 Å². The van der Waals surface area contributed by atoms with Crippen molar-refractivity contribution in [1.82, 2.24) is 19.6 Å². The van der Waals surface area contributed by atoms with E-state index in [1.165, 1.54) is 11.8 Å². The van der Waals surface area contributed by atoms with Gasteiger partial charge in [0.05, 0.1) is 18.6 Å². The average molecular weight is 477 g/mol. The van der Waals surface area contributed by atoms with Crippen molar-refractivity contribution in [1.29, 1.82) is 0 Å². The molecule has 0 aliphatic heterocycles. The van der Waals surface area contributed by atoms with Crippen LogP contribution in [0.5, 0.6) is 5.75 Å². The van der Waals surface area contributed by atoms with E-state index in [2.05, 4.69) is 25.7 Å². The molecule has 0 bridgehead atoms. The highest BCUT2D eigenvalue weighted by atomic mass is 32.2. The normalized spacial score (nSPS) is 10.8. The summed E-state index contributed by atoms with van der Waals surface area (Å²) in [5.41, 5.74) is 4.58. The molecule has 0 unspecified atom stereocenters. The third kappa shape index (κ3) is 5.01. The first-order chi connectivity index (χ1) is 16.4. The van der Waals surface area contributed by atoms with Gasteiger partial charge in [-0.05, 0) is 62.7 Å². The summed E-state index contributed by atoms with van der Waals surface area (Å²) in [7, 11) is 1.55. The van der Waals surface area contributed by atoms with Gasteiger partial charge < -0.3 is 15.4 Å². The standard InChI is InChI=1S/C24H24N6O3S/c1-14-15(2)25-23-28-24(29-30(23)16(14)3)34-13-21(31)26-18-11-9-17(10-12-18)22(32)27-19-7-5-6-8-20(19)33-4/h5-12H,13H2,1-4H3,(H,26,31)(H,27,32). The van der Waals surface area contributed by atoms with Gasteiger partial charge in [-0.25, -0.2) is 9.50 Å². The number of hydrogen-bond donors (Lipinski definition) is 2. The highest BCUT2D eigenvalue weighted by Gasteiger charge is 2.13. The molecule has 0 atom stereocenters. The number of benzene rings is 2. The van der Waals surface area contributed by atoms with E-state index in [-0.39, 0.29) is 17.6 Å². The monoisotopic (exact) mass is 476 g/mol. The smallest absolute Gasteiger partial charge is 0.255 e. The Kier molecular flexibility index (Phi) is 6.78. The molecule has 9 nitrogen and oxygen atoms in total. The zero-order valence-electron chi connectivity index (χ0n) is 19.2. The Hall–Kier alpha value is -3.92. The van der Waals surface area contributed by atoms with Crippen LogP contribution in [0.4, 0.5) is 11.4 Å². The first-order valence-corrected chi connectivity index (χ1v) is 11.5. The Morgan fingerprint density at radius 3 is 2.47 bits per heavy atom. The van der Waals surface area contributed by atoms with Gasteiger partial charge >= 0.3 is 0 Å². The van der Waals surface area contributed by atoms with E-state index in [0.717, 1.165) is 17.0 Å². The molecular weight excluding hydrogens is 452 g/mol. The average Bonchev–Trinajstić information content (AvgIpc) is 3.25. The van der Waals surface area contributed by atoms with Gasteiger partial charge in [0.2, 0.25) is 11.1 Å². The molecule has 4 rings (SSSR count). The SMILES string of the molecule is COc1ccccc1NC(=O)c1ccc(NC(=O)CSc2nc3nc(C)c(C)c(C)n3n2)cc1. The van der Waals surface area contributed by atoms with Crippen molar-refractivity contribution in [3.05, 3.63) is 71.0 Å². The molecule has 0 radical (unpaired) electrons. The van der Waals surface area contributed by atoms with Gasteiger partial charge in [-0.1, -0.05) is 23.9 Å². The zero-order valence-corrected chi connectivity index (χ0v) is 20.1. The van der Waals surface area contributed by atoms with Gasteiger partial charge in [0.1, 0.15) is 5.75 Å². The predicted octanol–water partition coefficient (Wildman–Crippen LogP) is 4.04. The maximum atomic E-state index is 12.5. The third-order valence-corrected chi connectivity index (χ3v) is 6.20. The van der Waals surface area contributed by atoms with Crippen LogP contribution < -0.4 is 15.4 Å². The van der Waals surface area contributed by atoms with Gasteiger partial charge in [0.25, 0.3) is 11.7 Å². The molecule has 0 fully saturated rings. The lowest BCUT2D eigenvalue weighted by atomic mass is 10.2. The first kappa shape index (κ1) is 23.2. The molecular formula is C24H24N6O3S. The van der Waals surface area contributed by atoms with Crippen LogP contribution in [0.25, 0.3) is 5.78 Å². The second kappa shape index (κ2) is 9.92. The van der Waals surface area contributed by atoms with Crippen LogP contribution in [0.1, 0.15) is 27.3 Å². The van der Waals surface area contributed by atoms with Crippen LogP contribution in [0.3, 0.4) is 0 Å². The fourth-order valence-electron chi connectivity index (χ4n) is 3.27. The summed E-state index contributed by atoms with van der Waals surface area (Å²) in [5, 5.41) is 10.6. The topological polar surface area (TPSA) is 111 Å². The summed E-state index contributed by atoms with van der Waals surface area (Å²) in [6.07, 6.45) is 0. The van der Waals surface area contributed by atoms with Crippen LogP contribution in [-0.4, -0.2) is 44.3 Å². The van der Waals surface area contributed by atoms with Crippen LogP contribution >= 0.6 is 11.8 Å². The van der Waals surface area contributed by atoms with Crippen molar-refractivity contribution in [2.75, 3.05) is 23.5 Å². The Labute approximate surface area is 201 Å². The summed E-state index contributed by atoms with van der Waals surface area (Å²) in [6, 6.07) is 13.8. The van der Waals surface area contributed by atoms with Gasteiger partial charge in [0, 0.05) is 22.6 Å². The van der Waals surface area contributed by atoms with Gasteiger partial charge in [-0.2, -0.15) is 4.98 Å². The highest BCUT2D eigenvalue weighted by molar-refractivity contribution is 7.99. The lowest BCUT2D eigenvalue weighted by molar-refractivity contribution is -0.113. The number of hydrogen-bond acceptors (Lipinski definition) is 7. The summed E-state index contributed by atoms with van der Waals surface area (Å²) in [6.45, 7) is 5.89. The number of carbonyl (C=O) groups is 2. The Bertz CT molecular complexity index is 1370. The summed E-state index contributed by atoms with van der Waals surface area (Å²) >= 11 is 1.24. The minimum absolute atomic E-state index is 0.143. The molecule has 2 N–H and O–H groups in total. The second-order valence-electron chi connectivity index (χ2n) is 7.58. The Morgan fingerprint density at radius 1 is 1.00 bits per heavy atom. The zero-order chi connectivity index (χ0) is 24.2. The second-order valence-corrected chi connectivity index (χ2v) is 8.52. The van der Waals surface area contributed by atoms with E-state index in [9.17, 15) is 9.59 Å². The fraction of sp³-hybridized carbons (Fsp3) is 0.208. The van der Waals surface area contributed by atoms with Crippen molar-refractivity contribution >= 4 is 40.7 Å². The van der Waals surface area contributed by atoms with E-state index in [1.54, 1.807) is 48.0 Å². The number of amides is 2. The predicted molar refractivity (Wildman–Crippen MR) is 132 cm³/mol. The quantitative estimate of drug-likeness (QED) is 0.387. The number of carbonyl (C=O) groups excluding carboxylic acids is 2. The molecule has 10 heteroatoms. The number of ether oxygens (including phenoxy) is 1. The van der Waals surface area contributed by atoms with E-state index in [1.807, 2.05) is 32.9 Å². The number of fused-ring (bicyclic) bond motifs is 1. The Balaban J connectivity index is 1.34. The van der Waals surface area contributed by atoms with Gasteiger partial charge in [-0.15, -0.1) is 5.10 Å². The summed E-state index contributed by atoms with van der Waals surface area (Å²) in [4.78, 5) is 33.8. The van der Waals surface area contributed by atoms with Crippen molar-refractivity contribution in [3.63, 3.8) is 0 Å². The number of rotatable bonds is 7. The molecule has 2 aromatic heterocycles. The lowest BCUT2D eigenvalue weighted by Gasteiger charge is -2.10. The van der Waals surface area contributed by atoms with Crippen molar-refractivity contribution in [3.8, 4) is 5.75 Å². The highest BCUT2D eigenvalue weighted by Crippen LogP contribution is 2.24. The van der Waals surface area contributed by atoms with Crippen molar-refractivity contribution < 1.29 is 14.3 Å².